The van der Waals surface area contributed by atoms with E-state index in [-0.39, 0.29) is 29.1 Å². The molecule has 0 unspecified atom stereocenters. The number of hydrogen-bond donors (Lipinski definition) is 2. The molecule has 2 rings (SSSR count). The molecule has 0 aliphatic carbocycles. The second-order valence-corrected chi connectivity index (χ2v) is 8.42. The Kier molecular flexibility index (Phi) is 10.0. The molecule has 0 atom stereocenters. The molecule has 0 aromatic heterocycles. The van der Waals surface area contributed by atoms with Gasteiger partial charge in [-0.15, -0.1) is 12.4 Å². The number of unbranched alkanes of at least 4 members (excludes halogenated alkanes) is 1. The van der Waals surface area contributed by atoms with Crippen LogP contribution in [0.15, 0.2) is 23.1 Å². The fourth-order valence-electron chi connectivity index (χ4n) is 3.11. The number of methoxy groups -OCH3 is 2. The normalized spacial score (nSPS) is 15.5. The molecule has 8 nitrogen and oxygen atoms in total. The van der Waals surface area contributed by atoms with Gasteiger partial charge in [-0.3, -0.25) is 4.79 Å². The van der Waals surface area contributed by atoms with Crippen LogP contribution in [0.1, 0.15) is 25.7 Å². The van der Waals surface area contributed by atoms with Crippen LogP contribution < -0.4 is 20.5 Å². The molecule has 1 aromatic rings. The third-order valence-corrected chi connectivity index (χ3v) is 6.64. The van der Waals surface area contributed by atoms with E-state index in [1.807, 2.05) is 0 Å². The van der Waals surface area contributed by atoms with E-state index in [2.05, 4.69) is 5.32 Å². The lowest BCUT2D eigenvalue weighted by atomic mass is 9.97. The summed E-state index contributed by atoms with van der Waals surface area (Å²) in [6, 6.07) is 4.55. The first-order chi connectivity index (χ1) is 12.9. The predicted octanol–water partition coefficient (Wildman–Crippen LogP) is 1.38. The summed E-state index contributed by atoms with van der Waals surface area (Å²) in [6.07, 6.45) is 2.75. The quantitative estimate of drug-likeness (QED) is 0.567. The molecule has 1 aliphatic heterocycles. The topological polar surface area (TPSA) is 111 Å². The van der Waals surface area contributed by atoms with Crippen molar-refractivity contribution in [2.24, 2.45) is 11.7 Å². The molecule has 3 N–H and O–H groups in total. The maximum Gasteiger partial charge on any atom is 0.243 e. The molecule has 1 heterocycles. The number of piperidine rings is 1. The van der Waals surface area contributed by atoms with Gasteiger partial charge in [-0.25, -0.2) is 8.42 Å². The zero-order valence-corrected chi connectivity index (χ0v) is 18.0. The van der Waals surface area contributed by atoms with Gasteiger partial charge in [0.25, 0.3) is 0 Å². The van der Waals surface area contributed by atoms with Crippen molar-refractivity contribution in [1.82, 2.24) is 9.62 Å². The Morgan fingerprint density at radius 1 is 1.18 bits per heavy atom. The fraction of sp³-hybridized carbons (Fsp3) is 0.611. The SMILES string of the molecule is COc1ccc(S(=O)(=O)N2CCC(C(=O)NCCCCN)CC2)cc1OC.Cl. The highest BCUT2D eigenvalue weighted by atomic mass is 35.5. The number of nitrogens with zero attached hydrogens (tertiary/aromatic N) is 1. The first-order valence-corrected chi connectivity index (χ1v) is 10.6. The average Bonchev–Trinajstić information content (AvgIpc) is 2.70. The zero-order chi connectivity index (χ0) is 19.9. The molecule has 1 fully saturated rings. The van der Waals surface area contributed by atoms with Gasteiger partial charge in [-0.05, 0) is 44.4 Å². The lowest BCUT2D eigenvalue weighted by molar-refractivity contribution is -0.126. The fourth-order valence-corrected chi connectivity index (χ4v) is 4.60. The Morgan fingerprint density at radius 3 is 2.39 bits per heavy atom. The summed E-state index contributed by atoms with van der Waals surface area (Å²) < 4.78 is 37.6. The summed E-state index contributed by atoms with van der Waals surface area (Å²) in [6.45, 7) is 1.86. The highest BCUT2D eigenvalue weighted by molar-refractivity contribution is 7.89. The van der Waals surface area contributed by atoms with Gasteiger partial charge in [0.15, 0.2) is 11.5 Å². The van der Waals surface area contributed by atoms with Crippen LogP contribution >= 0.6 is 12.4 Å². The van der Waals surface area contributed by atoms with Gasteiger partial charge in [0.2, 0.25) is 15.9 Å². The van der Waals surface area contributed by atoms with E-state index in [9.17, 15) is 13.2 Å². The van der Waals surface area contributed by atoms with Crippen LogP contribution in [0.2, 0.25) is 0 Å². The van der Waals surface area contributed by atoms with E-state index in [0.717, 1.165) is 12.8 Å². The van der Waals surface area contributed by atoms with Crippen molar-refractivity contribution in [2.75, 3.05) is 40.4 Å². The maximum absolute atomic E-state index is 12.9. The van der Waals surface area contributed by atoms with Crippen LogP contribution in [0, 0.1) is 5.92 Å². The van der Waals surface area contributed by atoms with Gasteiger partial charge >= 0.3 is 0 Å². The highest BCUT2D eigenvalue weighted by Crippen LogP contribution is 2.31. The van der Waals surface area contributed by atoms with Gasteiger partial charge < -0.3 is 20.5 Å². The number of nitrogens with one attached hydrogen (secondary N) is 1. The molecule has 1 amide bonds. The van der Waals surface area contributed by atoms with E-state index in [4.69, 9.17) is 15.2 Å². The lowest BCUT2D eigenvalue weighted by Crippen LogP contribution is -2.43. The summed E-state index contributed by atoms with van der Waals surface area (Å²) in [4.78, 5) is 12.4. The van der Waals surface area contributed by atoms with Crippen LogP contribution in [-0.4, -0.2) is 59.0 Å². The molecule has 1 aromatic carbocycles. The molecule has 1 aliphatic rings. The third kappa shape index (κ3) is 5.97. The summed E-state index contributed by atoms with van der Waals surface area (Å²) in [5, 5.41) is 2.91. The Labute approximate surface area is 173 Å². The van der Waals surface area contributed by atoms with Gasteiger partial charge in [-0.2, -0.15) is 4.31 Å². The van der Waals surface area contributed by atoms with E-state index < -0.39 is 10.0 Å². The van der Waals surface area contributed by atoms with Crippen molar-refractivity contribution in [3.05, 3.63) is 18.2 Å². The zero-order valence-electron chi connectivity index (χ0n) is 16.3. The molecule has 28 heavy (non-hydrogen) atoms. The molecule has 1 saturated heterocycles. The Hall–Kier alpha value is -1.55. The minimum Gasteiger partial charge on any atom is -0.493 e. The van der Waals surface area contributed by atoms with Crippen LogP contribution in [0.5, 0.6) is 11.5 Å². The Balaban J connectivity index is 0.00000392. The number of nitrogens with two attached hydrogens (primary N) is 1. The van der Waals surface area contributed by atoms with Gasteiger partial charge in [0.05, 0.1) is 19.1 Å². The lowest BCUT2D eigenvalue weighted by Gasteiger charge is -2.30. The van der Waals surface area contributed by atoms with Crippen LogP contribution in [-0.2, 0) is 14.8 Å². The first-order valence-electron chi connectivity index (χ1n) is 9.14. The van der Waals surface area contributed by atoms with Gasteiger partial charge in [0.1, 0.15) is 0 Å². The van der Waals surface area contributed by atoms with E-state index >= 15 is 0 Å². The highest BCUT2D eigenvalue weighted by Gasteiger charge is 2.32. The van der Waals surface area contributed by atoms with Gasteiger partial charge in [0, 0.05) is 31.6 Å². The summed E-state index contributed by atoms with van der Waals surface area (Å²) >= 11 is 0. The molecule has 0 radical (unpaired) electrons. The number of benzene rings is 1. The van der Waals surface area contributed by atoms with Crippen molar-refractivity contribution in [3.8, 4) is 11.5 Å². The van der Waals surface area contributed by atoms with Crippen LogP contribution in [0.3, 0.4) is 0 Å². The number of carbonyl (C=O) groups is 1. The third-order valence-electron chi connectivity index (χ3n) is 4.75. The molecule has 0 spiro atoms. The van der Waals surface area contributed by atoms with E-state index in [1.165, 1.54) is 30.7 Å². The first kappa shape index (κ1) is 24.5. The van der Waals surface area contributed by atoms with Crippen molar-refractivity contribution in [1.29, 1.82) is 0 Å². The van der Waals surface area contributed by atoms with E-state index in [1.54, 1.807) is 6.07 Å². The number of rotatable bonds is 9. The van der Waals surface area contributed by atoms with E-state index in [0.29, 0.717) is 50.5 Å². The van der Waals surface area contributed by atoms with Crippen LogP contribution in [0.25, 0.3) is 0 Å². The Morgan fingerprint density at radius 2 is 1.82 bits per heavy atom. The molecular formula is C18H30ClN3O5S. The number of sulfonamides is 1. The predicted molar refractivity (Wildman–Crippen MR) is 110 cm³/mol. The average molecular weight is 436 g/mol. The van der Waals surface area contributed by atoms with Gasteiger partial charge in [-0.1, -0.05) is 0 Å². The molecule has 160 valence electrons. The Bertz CT molecular complexity index is 737. The minimum atomic E-state index is -3.64. The monoisotopic (exact) mass is 435 g/mol. The van der Waals surface area contributed by atoms with Crippen molar-refractivity contribution in [2.45, 2.75) is 30.6 Å². The summed E-state index contributed by atoms with van der Waals surface area (Å²) in [5.74, 6) is 0.682. The number of amides is 1. The summed E-state index contributed by atoms with van der Waals surface area (Å²) in [5.41, 5.74) is 5.44. The molecule has 0 bridgehead atoms. The van der Waals surface area contributed by atoms with Crippen molar-refractivity contribution < 1.29 is 22.7 Å². The smallest absolute Gasteiger partial charge is 0.243 e. The molecular weight excluding hydrogens is 406 g/mol. The number of carbonyl (C=O) groups excluding carboxylic acids is 1. The molecule has 0 saturated carbocycles. The van der Waals surface area contributed by atoms with Crippen molar-refractivity contribution in [3.63, 3.8) is 0 Å². The maximum atomic E-state index is 12.9. The van der Waals surface area contributed by atoms with Crippen molar-refractivity contribution >= 4 is 28.3 Å². The number of ether oxygens (including phenoxy) is 2. The van der Waals surface area contributed by atoms with Crippen LogP contribution in [0.4, 0.5) is 0 Å². The second kappa shape index (κ2) is 11.5. The second-order valence-electron chi connectivity index (χ2n) is 6.48. The number of halogens is 1. The summed E-state index contributed by atoms with van der Waals surface area (Å²) in [7, 11) is -0.679. The standard InChI is InChI=1S/C18H29N3O5S.ClH/c1-25-16-6-5-15(13-17(16)26-2)27(23,24)21-11-7-14(8-12-21)18(22)20-10-4-3-9-19;/h5-6,13-14H,3-4,7-12,19H2,1-2H3,(H,20,22);1H. The molecule has 10 heteroatoms. The minimum absolute atomic E-state index is 0. The largest absolute Gasteiger partial charge is 0.493 e. The number of hydrogen-bond acceptors (Lipinski definition) is 6.